The van der Waals surface area contributed by atoms with Crippen LogP contribution in [0.25, 0.3) is 0 Å². The second-order valence-corrected chi connectivity index (χ2v) is 1.99. The molecule has 0 spiro atoms. The van der Waals surface area contributed by atoms with Gasteiger partial charge in [-0.05, 0) is 0 Å². The molecule has 0 saturated heterocycles. The normalized spacial score (nSPS) is 9.70. The number of hydrogen-bond donors (Lipinski definition) is 0. The van der Waals surface area contributed by atoms with Crippen molar-refractivity contribution in [2.75, 3.05) is 13.2 Å². The van der Waals surface area contributed by atoms with Crippen LogP contribution < -0.4 is 0 Å². The average molecular weight is 166 g/mol. The quantitative estimate of drug-likeness (QED) is 0.473. The van der Waals surface area contributed by atoms with E-state index in [4.69, 9.17) is 0 Å². The first-order valence-electron chi connectivity index (χ1n) is 2.37. The third kappa shape index (κ3) is 5.54. The lowest BCUT2D eigenvalue weighted by atomic mass is 10.9. The SMILES string of the molecule is O=CCOS(=O)OCC=O. The van der Waals surface area contributed by atoms with E-state index in [0.717, 1.165) is 0 Å². The molecule has 0 aliphatic carbocycles. The number of hydrogen-bond acceptors (Lipinski definition) is 5. The topological polar surface area (TPSA) is 69.7 Å². The Morgan fingerprint density at radius 2 is 1.50 bits per heavy atom. The number of aldehydes is 2. The van der Waals surface area contributed by atoms with Gasteiger partial charge in [0, 0.05) is 0 Å². The monoisotopic (exact) mass is 166 g/mol. The first-order valence-corrected chi connectivity index (χ1v) is 3.37. The van der Waals surface area contributed by atoms with Crippen molar-refractivity contribution in [2.24, 2.45) is 0 Å². The third-order valence-electron chi connectivity index (χ3n) is 0.465. The predicted octanol–water partition coefficient (Wildman–Crippen LogP) is -1.00. The first-order chi connectivity index (χ1) is 4.81. The van der Waals surface area contributed by atoms with Gasteiger partial charge in [0.05, 0.1) is 0 Å². The highest BCUT2D eigenvalue weighted by atomic mass is 32.2. The molecule has 5 nitrogen and oxygen atoms in total. The van der Waals surface area contributed by atoms with Crippen LogP contribution in [0.2, 0.25) is 0 Å². The van der Waals surface area contributed by atoms with Crippen molar-refractivity contribution in [3.63, 3.8) is 0 Å². The molecule has 0 bridgehead atoms. The largest absolute Gasteiger partial charge is 0.305 e. The van der Waals surface area contributed by atoms with E-state index in [1.54, 1.807) is 0 Å². The molecule has 6 heteroatoms. The predicted molar refractivity (Wildman–Crippen MR) is 32.2 cm³/mol. The highest BCUT2D eigenvalue weighted by molar-refractivity contribution is 7.75. The minimum atomic E-state index is -1.98. The van der Waals surface area contributed by atoms with E-state index in [2.05, 4.69) is 8.37 Å². The lowest BCUT2D eigenvalue weighted by Gasteiger charge is -1.94. The summed E-state index contributed by atoms with van der Waals surface area (Å²) in [6.07, 6.45) is 0.865. The molecule has 0 unspecified atom stereocenters. The van der Waals surface area contributed by atoms with Gasteiger partial charge in [-0.25, -0.2) is 0 Å². The van der Waals surface area contributed by atoms with Crippen LogP contribution in [0.15, 0.2) is 0 Å². The van der Waals surface area contributed by atoms with Crippen LogP contribution in [-0.4, -0.2) is 30.0 Å². The summed E-state index contributed by atoms with van der Waals surface area (Å²) in [5, 5.41) is 0. The van der Waals surface area contributed by atoms with E-state index in [1.807, 2.05) is 0 Å². The van der Waals surface area contributed by atoms with Crippen LogP contribution >= 0.6 is 0 Å². The summed E-state index contributed by atoms with van der Waals surface area (Å²) in [7, 11) is 0. The van der Waals surface area contributed by atoms with E-state index < -0.39 is 11.4 Å². The van der Waals surface area contributed by atoms with Crippen molar-refractivity contribution in [3.05, 3.63) is 0 Å². The molecule has 0 aliphatic heterocycles. The smallest absolute Gasteiger partial charge is 0.301 e. The molecule has 0 aromatic rings. The van der Waals surface area contributed by atoms with Gasteiger partial charge in [0.2, 0.25) is 0 Å². The van der Waals surface area contributed by atoms with Gasteiger partial charge >= 0.3 is 11.4 Å². The van der Waals surface area contributed by atoms with Gasteiger partial charge in [-0.2, -0.15) is 4.21 Å². The van der Waals surface area contributed by atoms with Gasteiger partial charge in [0.1, 0.15) is 25.8 Å². The fourth-order valence-corrected chi connectivity index (χ4v) is 0.602. The molecule has 0 aliphatic rings. The van der Waals surface area contributed by atoms with E-state index in [9.17, 15) is 13.8 Å². The number of carbonyl (C=O) groups excluding carboxylic acids is 2. The Morgan fingerprint density at radius 3 is 1.80 bits per heavy atom. The van der Waals surface area contributed by atoms with Crippen LogP contribution in [0, 0.1) is 0 Å². The van der Waals surface area contributed by atoms with Crippen LogP contribution in [0.4, 0.5) is 0 Å². The molecule has 58 valence electrons. The second-order valence-electron chi connectivity index (χ2n) is 1.11. The lowest BCUT2D eigenvalue weighted by Crippen LogP contribution is -2.05. The Bertz CT molecular complexity index is 120. The first kappa shape index (κ1) is 9.41. The standard InChI is InChI=1S/C4H6O5S/c5-1-3-8-10(7)9-4-2-6/h1-2H,3-4H2. The Labute approximate surface area is 60.2 Å². The molecule has 0 atom stereocenters. The fraction of sp³-hybridized carbons (Fsp3) is 0.500. The van der Waals surface area contributed by atoms with Crippen molar-refractivity contribution in [1.82, 2.24) is 0 Å². The Balaban J connectivity index is 3.24. The molecule has 0 saturated carbocycles. The van der Waals surface area contributed by atoms with E-state index >= 15 is 0 Å². The fourth-order valence-electron chi connectivity index (χ4n) is 0.201. The van der Waals surface area contributed by atoms with Crippen LogP contribution in [0.5, 0.6) is 0 Å². The summed E-state index contributed by atoms with van der Waals surface area (Å²) in [6.45, 7) is -0.600. The van der Waals surface area contributed by atoms with Crippen molar-refractivity contribution in [3.8, 4) is 0 Å². The second kappa shape index (κ2) is 6.53. The average Bonchev–Trinajstić information content (AvgIpc) is 1.97. The minimum absolute atomic E-state index is 0.300. The maximum atomic E-state index is 10.3. The Hall–Kier alpha value is -0.590. The van der Waals surface area contributed by atoms with E-state index in [1.165, 1.54) is 0 Å². The van der Waals surface area contributed by atoms with Gasteiger partial charge in [0.25, 0.3) is 0 Å². The van der Waals surface area contributed by atoms with Gasteiger partial charge in [0.15, 0.2) is 0 Å². The van der Waals surface area contributed by atoms with Crippen molar-refractivity contribution >= 4 is 23.9 Å². The molecular weight excluding hydrogens is 160 g/mol. The molecule has 0 heterocycles. The number of rotatable bonds is 6. The van der Waals surface area contributed by atoms with Gasteiger partial charge in [-0.15, -0.1) is 0 Å². The molecule has 0 N–H and O–H groups in total. The Kier molecular flexibility index (Phi) is 6.14. The van der Waals surface area contributed by atoms with Crippen molar-refractivity contribution in [1.29, 1.82) is 0 Å². The molecule has 0 aromatic carbocycles. The van der Waals surface area contributed by atoms with Crippen LogP contribution in [0.3, 0.4) is 0 Å². The summed E-state index contributed by atoms with van der Waals surface area (Å²) in [4.78, 5) is 19.2. The summed E-state index contributed by atoms with van der Waals surface area (Å²) in [5.41, 5.74) is 0. The Morgan fingerprint density at radius 1 is 1.10 bits per heavy atom. The molecule has 0 amide bonds. The van der Waals surface area contributed by atoms with Crippen LogP contribution in [0.1, 0.15) is 0 Å². The molecule has 0 aromatic heterocycles. The highest BCUT2D eigenvalue weighted by Gasteiger charge is 1.97. The third-order valence-corrected chi connectivity index (χ3v) is 1.12. The summed E-state index contributed by atoms with van der Waals surface area (Å²) < 4.78 is 18.7. The molecular formula is C4H6O5S. The zero-order chi connectivity index (χ0) is 7.82. The van der Waals surface area contributed by atoms with Gasteiger partial charge in [-0.1, -0.05) is 0 Å². The van der Waals surface area contributed by atoms with Crippen molar-refractivity contribution in [2.45, 2.75) is 0 Å². The zero-order valence-corrected chi connectivity index (χ0v) is 5.83. The molecule has 0 fully saturated rings. The van der Waals surface area contributed by atoms with E-state index in [-0.39, 0.29) is 13.2 Å². The minimum Gasteiger partial charge on any atom is -0.301 e. The zero-order valence-electron chi connectivity index (χ0n) is 5.02. The molecule has 0 rings (SSSR count). The maximum absolute atomic E-state index is 10.3. The lowest BCUT2D eigenvalue weighted by molar-refractivity contribution is -0.109. The summed E-state index contributed by atoms with van der Waals surface area (Å²) >= 11 is -1.98. The summed E-state index contributed by atoms with van der Waals surface area (Å²) in [5.74, 6) is 0. The molecule has 0 radical (unpaired) electrons. The number of carbonyl (C=O) groups is 2. The summed E-state index contributed by atoms with van der Waals surface area (Å²) in [6, 6.07) is 0. The van der Waals surface area contributed by atoms with Gasteiger partial charge in [-0.3, -0.25) is 8.37 Å². The highest BCUT2D eigenvalue weighted by Crippen LogP contribution is 1.84. The van der Waals surface area contributed by atoms with Crippen molar-refractivity contribution < 1.29 is 22.2 Å². The molecule has 10 heavy (non-hydrogen) atoms. The van der Waals surface area contributed by atoms with Gasteiger partial charge < -0.3 is 9.59 Å². The van der Waals surface area contributed by atoms with Crippen LogP contribution in [-0.2, 0) is 29.3 Å². The maximum Gasteiger partial charge on any atom is 0.305 e. The van der Waals surface area contributed by atoms with E-state index in [0.29, 0.717) is 12.6 Å².